The summed E-state index contributed by atoms with van der Waals surface area (Å²) < 4.78 is 27.3. The summed E-state index contributed by atoms with van der Waals surface area (Å²) in [6, 6.07) is 4.96. The van der Waals surface area contributed by atoms with Crippen LogP contribution in [-0.2, 0) is 20.6 Å². The highest BCUT2D eigenvalue weighted by Gasteiger charge is 2.33. The minimum Gasteiger partial charge on any atom is -0.355 e. The monoisotopic (exact) mass is 475 g/mol. The van der Waals surface area contributed by atoms with E-state index >= 15 is 0 Å². The Balaban J connectivity index is 1.53. The summed E-state index contributed by atoms with van der Waals surface area (Å²) in [4.78, 5) is 15.1. The number of carbonyl (C=O) groups is 1. The van der Waals surface area contributed by atoms with Gasteiger partial charge in [-0.2, -0.15) is 0 Å². The number of rotatable bonds is 7. The summed E-state index contributed by atoms with van der Waals surface area (Å²) in [6.45, 7) is 4.27. The van der Waals surface area contributed by atoms with Gasteiger partial charge in [0.1, 0.15) is 0 Å². The summed E-state index contributed by atoms with van der Waals surface area (Å²) in [5.74, 6) is -0.630. The highest BCUT2D eigenvalue weighted by atomic mass is 35.5. The molecule has 1 N–H and O–H groups in total. The fourth-order valence-electron chi connectivity index (χ4n) is 4.19. The molecule has 0 bridgehead atoms. The molecule has 9 heteroatoms. The van der Waals surface area contributed by atoms with Crippen LogP contribution in [0.4, 0.5) is 0 Å². The third kappa shape index (κ3) is 6.57. The Morgan fingerprint density at radius 3 is 2.37 bits per heavy atom. The molecule has 0 aliphatic carbocycles. The molecule has 1 aromatic carbocycles. The largest absolute Gasteiger partial charge is 0.355 e. The van der Waals surface area contributed by atoms with Crippen LogP contribution in [0.2, 0.25) is 10.0 Å². The van der Waals surface area contributed by atoms with Crippen molar-refractivity contribution in [3.63, 3.8) is 0 Å². The van der Waals surface area contributed by atoms with Crippen LogP contribution in [0.1, 0.15) is 44.1 Å². The topological polar surface area (TPSA) is 69.7 Å². The van der Waals surface area contributed by atoms with Crippen molar-refractivity contribution in [2.75, 3.05) is 39.3 Å². The maximum atomic E-state index is 13.0. The molecule has 2 fully saturated rings. The maximum Gasteiger partial charge on any atom is 0.224 e. The summed E-state index contributed by atoms with van der Waals surface area (Å²) in [5, 5.41) is 3.69. The van der Waals surface area contributed by atoms with Crippen molar-refractivity contribution in [3.05, 3.63) is 33.8 Å². The molecule has 2 aliphatic heterocycles. The van der Waals surface area contributed by atoms with Crippen LogP contribution in [0.15, 0.2) is 18.2 Å². The van der Waals surface area contributed by atoms with Crippen LogP contribution in [0, 0.1) is 5.92 Å². The molecule has 168 valence electrons. The standard InChI is InChI=1S/C21H31Cl2N3O3S/c22-19-8-5-9-20(23)18(19)16-30(28,29)26-13-6-7-17(15-26)21(27)24-10-14-25-11-3-1-2-4-12-25/h5,8-9,17H,1-4,6-7,10-16H2,(H,24,27)/t17-/m1/s1. The van der Waals surface area contributed by atoms with Crippen molar-refractivity contribution in [1.82, 2.24) is 14.5 Å². The number of hydrogen-bond donors (Lipinski definition) is 1. The Morgan fingerprint density at radius 2 is 1.70 bits per heavy atom. The summed E-state index contributed by atoms with van der Waals surface area (Å²) in [5.41, 5.74) is 0.407. The molecule has 3 rings (SSSR count). The van der Waals surface area contributed by atoms with Gasteiger partial charge in [-0.15, -0.1) is 0 Å². The van der Waals surface area contributed by atoms with E-state index < -0.39 is 10.0 Å². The van der Waals surface area contributed by atoms with E-state index in [4.69, 9.17) is 23.2 Å². The van der Waals surface area contributed by atoms with Crippen LogP contribution >= 0.6 is 23.2 Å². The van der Waals surface area contributed by atoms with Gasteiger partial charge < -0.3 is 10.2 Å². The van der Waals surface area contributed by atoms with Gasteiger partial charge in [0.15, 0.2) is 0 Å². The van der Waals surface area contributed by atoms with E-state index in [9.17, 15) is 13.2 Å². The first-order valence-electron chi connectivity index (χ1n) is 10.8. The summed E-state index contributed by atoms with van der Waals surface area (Å²) in [7, 11) is -3.61. The zero-order valence-corrected chi connectivity index (χ0v) is 19.6. The Hall–Kier alpha value is -0.860. The van der Waals surface area contributed by atoms with Crippen molar-refractivity contribution in [2.24, 2.45) is 5.92 Å². The smallest absolute Gasteiger partial charge is 0.224 e. The van der Waals surface area contributed by atoms with E-state index in [0.29, 0.717) is 41.5 Å². The number of piperidine rings is 1. The summed E-state index contributed by atoms with van der Waals surface area (Å²) in [6.07, 6.45) is 6.38. The van der Waals surface area contributed by atoms with Gasteiger partial charge in [-0.05, 0) is 50.9 Å². The Morgan fingerprint density at radius 1 is 1.03 bits per heavy atom. The van der Waals surface area contributed by atoms with E-state index in [-0.39, 0.29) is 24.1 Å². The fraction of sp³-hybridized carbons (Fsp3) is 0.667. The molecule has 0 spiro atoms. The van der Waals surface area contributed by atoms with Crippen LogP contribution < -0.4 is 5.32 Å². The molecule has 1 aromatic rings. The van der Waals surface area contributed by atoms with Gasteiger partial charge in [-0.25, -0.2) is 12.7 Å². The summed E-state index contributed by atoms with van der Waals surface area (Å²) >= 11 is 12.3. The molecule has 2 heterocycles. The van der Waals surface area contributed by atoms with Crippen molar-refractivity contribution in [2.45, 2.75) is 44.3 Å². The van der Waals surface area contributed by atoms with Crippen molar-refractivity contribution >= 4 is 39.1 Å². The second-order valence-electron chi connectivity index (χ2n) is 8.20. The van der Waals surface area contributed by atoms with Crippen LogP contribution in [0.3, 0.4) is 0 Å². The highest BCUT2D eigenvalue weighted by molar-refractivity contribution is 7.88. The SMILES string of the molecule is O=C(NCCN1CCCCCC1)[C@@H]1CCCN(S(=O)(=O)Cc2c(Cl)cccc2Cl)C1. The number of hydrogen-bond acceptors (Lipinski definition) is 4. The normalized spacial score (nSPS) is 21.9. The predicted octanol–water partition coefficient (Wildman–Crippen LogP) is 3.53. The minimum absolute atomic E-state index is 0.0551. The van der Waals surface area contributed by atoms with Gasteiger partial charge in [0.2, 0.25) is 15.9 Å². The second-order valence-corrected chi connectivity index (χ2v) is 11.0. The molecule has 0 saturated carbocycles. The average Bonchev–Trinajstić information content (AvgIpc) is 3.00. The van der Waals surface area contributed by atoms with E-state index in [1.54, 1.807) is 18.2 Å². The Bertz CT molecular complexity index is 807. The van der Waals surface area contributed by atoms with Crippen LogP contribution in [0.5, 0.6) is 0 Å². The molecule has 1 amide bonds. The quantitative estimate of drug-likeness (QED) is 0.654. The molecule has 2 saturated heterocycles. The number of nitrogens with zero attached hydrogens (tertiary/aromatic N) is 2. The molecule has 30 heavy (non-hydrogen) atoms. The number of benzene rings is 1. The molecule has 0 aromatic heterocycles. The highest BCUT2D eigenvalue weighted by Crippen LogP contribution is 2.29. The van der Waals surface area contributed by atoms with Gasteiger partial charge in [0.05, 0.1) is 11.7 Å². The zero-order chi connectivity index (χ0) is 21.6. The lowest BCUT2D eigenvalue weighted by Crippen LogP contribution is -2.46. The molecular formula is C21H31Cl2N3O3S. The first kappa shape index (κ1) is 23.8. The van der Waals surface area contributed by atoms with E-state index in [1.165, 1.54) is 30.0 Å². The molecule has 0 radical (unpaired) electrons. The molecular weight excluding hydrogens is 445 g/mol. The Labute approximate surface area is 189 Å². The molecule has 6 nitrogen and oxygen atoms in total. The number of amides is 1. The maximum absolute atomic E-state index is 13.0. The third-order valence-electron chi connectivity index (χ3n) is 5.96. The van der Waals surface area contributed by atoms with Gasteiger partial charge >= 0.3 is 0 Å². The zero-order valence-electron chi connectivity index (χ0n) is 17.3. The number of sulfonamides is 1. The van der Waals surface area contributed by atoms with Gasteiger partial charge in [0, 0.05) is 41.8 Å². The molecule has 1 atom stereocenters. The number of carbonyl (C=O) groups excluding carboxylic acids is 1. The molecule has 2 aliphatic rings. The van der Waals surface area contributed by atoms with Gasteiger partial charge in [-0.3, -0.25) is 4.79 Å². The first-order chi connectivity index (χ1) is 14.4. The lowest BCUT2D eigenvalue weighted by molar-refractivity contribution is -0.126. The average molecular weight is 476 g/mol. The number of likely N-dealkylation sites (tertiary alicyclic amines) is 1. The van der Waals surface area contributed by atoms with Gasteiger partial charge in [0.25, 0.3) is 0 Å². The Kier molecular flexibility index (Phi) is 8.83. The molecule has 0 unspecified atom stereocenters. The number of nitrogens with one attached hydrogen (secondary N) is 1. The lowest BCUT2D eigenvalue weighted by atomic mass is 9.99. The van der Waals surface area contributed by atoms with Crippen molar-refractivity contribution in [1.29, 1.82) is 0 Å². The van der Waals surface area contributed by atoms with Crippen molar-refractivity contribution in [3.8, 4) is 0 Å². The third-order valence-corrected chi connectivity index (χ3v) is 8.44. The lowest BCUT2D eigenvalue weighted by Gasteiger charge is -2.31. The van der Waals surface area contributed by atoms with E-state index in [0.717, 1.165) is 19.6 Å². The van der Waals surface area contributed by atoms with Gasteiger partial charge in [-0.1, -0.05) is 42.1 Å². The van der Waals surface area contributed by atoms with Crippen LogP contribution in [0.25, 0.3) is 0 Å². The second kappa shape index (κ2) is 11.1. The number of halogens is 2. The fourth-order valence-corrected chi connectivity index (χ4v) is 6.56. The van der Waals surface area contributed by atoms with E-state index in [2.05, 4.69) is 10.2 Å². The van der Waals surface area contributed by atoms with Crippen molar-refractivity contribution < 1.29 is 13.2 Å². The van der Waals surface area contributed by atoms with E-state index in [1.807, 2.05) is 0 Å². The minimum atomic E-state index is -3.61. The predicted molar refractivity (Wildman–Crippen MR) is 121 cm³/mol. The first-order valence-corrected chi connectivity index (χ1v) is 13.1. The van der Waals surface area contributed by atoms with Crippen LogP contribution in [-0.4, -0.2) is 62.8 Å².